The molecule has 3 nitrogen and oxygen atoms in total. The molecule has 0 aliphatic rings. The third kappa shape index (κ3) is 4.39. The van der Waals surface area contributed by atoms with Gasteiger partial charge in [0.25, 0.3) is 0 Å². The Morgan fingerprint density at radius 1 is 1.00 bits per heavy atom. The highest BCUT2D eigenvalue weighted by molar-refractivity contribution is 5.63. The fourth-order valence-corrected chi connectivity index (χ4v) is 2.40. The molecule has 3 heteroatoms. The van der Waals surface area contributed by atoms with Crippen molar-refractivity contribution in [2.45, 2.75) is 19.0 Å². The van der Waals surface area contributed by atoms with Crippen molar-refractivity contribution < 1.29 is 9.84 Å². The van der Waals surface area contributed by atoms with Crippen molar-refractivity contribution in [1.82, 2.24) is 5.32 Å². The van der Waals surface area contributed by atoms with Crippen molar-refractivity contribution in [3.05, 3.63) is 60.2 Å². The van der Waals surface area contributed by atoms with E-state index in [1.165, 1.54) is 16.7 Å². The second-order valence-electron chi connectivity index (χ2n) is 5.21. The van der Waals surface area contributed by atoms with Gasteiger partial charge in [0, 0.05) is 13.2 Å². The molecule has 2 unspecified atom stereocenters. The van der Waals surface area contributed by atoms with E-state index in [0.717, 1.165) is 0 Å². The van der Waals surface area contributed by atoms with Crippen LogP contribution in [0.3, 0.4) is 0 Å². The lowest BCUT2D eigenvalue weighted by atomic mass is 10.0. The van der Waals surface area contributed by atoms with Gasteiger partial charge in [-0.25, -0.2) is 0 Å². The van der Waals surface area contributed by atoms with E-state index in [1.807, 2.05) is 18.2 Å². The summed E-state index contributed by atoms with van der Waals surface area (Å²) in [4.78, 5) is 0. The average molecular weight is 285 g/mol. The summed E-state index contributed by atoms with van der Waals surface area (Å²) in [6.07, 6.45) is 0. The van der Waals surface area contributed by atoms with Crippen LogP contribution in [0.2, 0.25) is 0 Å². The van der Waals surface area contributed by atoms with Crippen LogP contribution in [0.5, 0.6) is 0 Å². The zero-order chi connectivity index (χ0) is 15.1. The van der Waals surface area contributed by atoms with Crippen LogP contribution >= 0.6 is 0 Å². The molecule has 0 saturated heterocycles. The van der Waals surface area contributed by atoms with Crippen LogP contribution in [0.4, 0.5) is 0 Å². The molecule has 2 atom stereocenters. The number of aliphatic hydroxyl groups excluding tert-OH is 1. The second kappa shape index (κ2) is 7.93. The highest BCUT2D eigenvalue weighted by Gasteiger charge is 2.12. The smallest absolute Gasteiger partial charge is 0.0638 e. The van der Waals surface area contributed by atoms with Crippen molar-refractivity contribution in [1.29, 1.82) is 0 Å². The highest BCUT2D eigenvalue weighted by Crippen LogP contribution is 2.21. The van der Waals surface area contributed by atoms with Gasteiger partial charge in [-0.1, -0.05) is 54.6 Å². The lowest BCUT2D eigenvalue weighted by Gasteiger charge is -2.21. The highest BCUT2D eigenvalue weighted by atomic mass is 16.5. The fraction of sp³-hybridized carbons (Fsp3) is 0.333. The monoisotopic (exact) mass is 285 g/mol. The Hall–Kier alpha value is -1.68. The van der Waals surface area contributed by atoms with Gasteiger partial charge in [-0.15, -0.1) is 0 Å². The molecular weight excluding hydrogens is 262 g/mol. The Morgan fingerprint density at radius 2 is 1.62 bits per heavy atom. The van der Waals surface area contributed by atoms with E-state index in [0.29, 0.717) is 6.61 Å². The predicted molar refractivity (Wildman–Crippen MR) is 86.2 cm³/mol. The molecule has 0 saturated carbocycles. The van der Waals surface area contributed by atoms with Gasteiger partial charge >= 0.3 is 0 Å². The summed E-state index contributed by atoms with van der Waals surface area (Å²) in [5.41, 5.74) is 3.63. The van der Waals surface area contributed by atoms with Gasteiger partial charge in [-0.3, -0.25) is 0 Å². The Kier molecular flexibility index (Phi) is 5.93. The van der Waals surface area contributed by atoms with E-state index in [-0.39, 0.29) is 18.7 Å². The van der Waals surface area contributed by atoms with E-state index >= 15 is 0 Å². The van der Waals surface area contributed by atoms with E-state index in [2.05, 4.69) is 48.6 Å². The van der Waals surface area contributed by atoms with Gasteiger partial charge in [0.1, 0.15) is 0 Å². The van der Waals surface area contributed by atoms with Crippen molar-refractivity contribution in [3.8, 4) is 11.1 Å². The number of hydrogen-bond donors (Lipinski definition) is 2. The van der Waals surface area contributed by atoms with Crippen LogP contribution in [-0.2, 0) is 4.74 Å². The topological polar surface area (TPSA) is 41.5 Å². The molecular formula is C18H23NO2. The number of aliphatic hydroxyl groups is 1. The molecule has 0 aromatic heterocycles. The van der Waals surface area contributed by atoms with Crippen molar-refractivity contribution in [2.24, 2.45) is 0 Å². The molecule has 21 heavy (non-hydrogen) atoms. The van der Waals surface area contributed by atoms with Crippen molar-refractivity contribution >= 4 is 0 Å². The molecule has 2 aromatic rings. The minimum atomic E-state index is -0.0428. The normalized spacial score (nSPS) is 13.9. The zero-order valence-corrected chi connectivity index (χ0v) is 12.6. The van der Waals surface area contributed by atoms with Crippen LogP contribution in [0.25, 0.3) is 11.1 Å². The van der Waals surface area contributed by atoms with Crippen LogP contribution in [0.15, 0.2) is 54.6 Å². The SMILES string of the molecule is COCC(CO)NC(C)c1ccc(-c2ccccc2)cc1. The Labute approximate surface area is 126 Å². The molecule has 0 amide bonds. The maximum absolute atomic E-state index is 9.30. The molecule has 0 radical (unpaired) electrons. The largest absolute Gasteiger partial charge is 0.395 e. The number of nitrogens with one attached hydrogen (secondary N) is 1. The Balaban J connectivity index is 2.04. The summed E-state index contributed by atoms with van der Waals surface area (Å²) in [6, 6.07) is 19.0. The van der Waals surface area contributed by atoms with E-state index in [9.17, 15) is 5.11 Å². The molecule has 2 N–H and O–H groups in total. The molecule has 0 aliphatic heterocycles. The number of ether oxygens (including phenoxy) is 1. The maximum atomic E-state index is 9.30. The fourth-order valence-electron chi connectivity index (χ4n) is 2.40. The average Bonchev–Trinajstić information content (AvgIpc) is 2.55. The summed E-state index contributed by atoms with van der Waals surface area (Å²) in [5.74, 6) is 0. The van der Waals surface area contributed by atoms with Gasteiger partial charge in [-0.05, 0) is 23.6 Å². The van der Waals surface area contributed by atoms with Crippen LogP contribution in [0, 0.1) is 0 Å². The molecule has 0 bridgehead atoms. The molecule has 0 fully saturated rings. The van der Waals surface area contributed by atoms with Gasteiger partial charge in [0.15, 0.2) is 0 Å². The second-order valence-corrected chi connectivity index (χ2v) is 5.21. The first-order chi connectivity index (χ1) is 10.2. The van der Waals surface area contributed by atoms with Crippen LogP contribution in [-0.4, -0.2) is 31.5 Å². The Morgan fingerprint density at radius 3 is 2.19 bits per heavy atom. The van der Waals surface area contributed by atoms with Gasteiger partial charge in [-0.2, -0.15) is 0 Å². The van der Waals surface area contributed by atoms with Crippen molar-refractivity contribution in [3.63, 3.8) is 0 Å². The molecule has 2 rings (SSSR count). The molecule has 0 heterocycles. The summed E-state index contributed by atoms with van der Waals surface area (Å²) in [6.45, 7) is 2.67. The van der Waals surface area contributed by atoms with Gasteiger partial charge in [0.2, 0.25) is 0 Å². The molecule has 0 spiro atoms. The van der Waals surface area contributed by atoms with Gasteiger partial charge < -0.3 is 15.2 Å². The minimum Gasteiger partial charge on any atom is -0.395 e. The Bertz CT molecular complexity index is 525. The molecule has 0 aliphatic carbocycles. The number of methoxy groups -OCH3 is 1. The van der Waals surface area contributed by atoms with Crippen LogP contribution < -0.4 is 5.32 Å². The number of rotatable bonds is 7. The number of hydrogen-bond acceptors (Lipinski definition) is 3. The maximum Gasteiger partial charge on any atom is 0.0638 e. The van der Waals surface area contributed by atoms with Crippen molar-refractivity contribution in [2.75, 3.05) is 20.3 Å². The van der Waals surface area contributed by atoms with E-state index in [1.54, 1.807) is 7.11 Å². The number of benzene rings is 2. The van der Waals surface area contributed by atoms with E-state index in [4.69, 9.17) is 4.74 Å². The lowest BCUT2D eigenvalue weighted by molar-refractivity contribution is 0.123. The zero-order valence-electron chi connectivity index (χ0n) is 12.6. The summed E-state index contributed by atoms with van der Waals surface area (Å²) in [7, 11) is 1.64. The standard InChI is InChI=1S/C18H23NO2/c1-14(19-18(12-20)13-21-2)15-8-10-17(11-9-15)16-6-4-3-5-7-16/h3-11,14,18-20H,12-13H2,1-2H3. The summed E-state index contributed by atoms with van der Waals surface area (Å²) >= 11 is 0. The minimum absolute atomic E-state index is 0.0428. The molecule has 2 aromatic carbocycles. The first-order valence-corrected chi connectivity index (χ1v) is 7.26. The quantitative estimate of drug-likeness (QED) is 0.821. The lowest BCUT2D eigenvalue weighted by Crippen LogP contribution is -2.38. The third-order valence-electron chi connectivity index (χ3n) is 3.59. The predicted octanol–water partition coefficient (Wildman–Crippen LogP) is 3.01. The summed E-state index contributed by atoms with van der Waals surface area (Å²) < 4.78 is 5.09. The molecule has 112 valence electrons. The third-order valence-corrected chi connectivity index (χ3v) is 3.59. The van der Waals surface area contributed by atoms with Crippen LogP contribution in [0.1, 0.15) is 18.5 Å². The van der Waals surface area contributed by atoms with E-state index < -0.39 is 0 Å². The van der Waals surface area contributed by atoms with Gasteiger partial charge in [0.05, 0.1) is 19.3 Å². The first-order valence-electron chi connectivity index (χ1n) is 7.26. The first kappa shape index (κ1) is 15.7. The summed E-state index contributed by atoms with van der Waals surface area (Å²) in [5, 5.41) is 12.7.